The van der Waals surface area contributed by atoms with Crippen molar-refractivity contribution in [1.82, 2.24) is 19.0 Å². The molecule has 1 aliphatic rings. The Kier molecular flexibility index (Phi) is 8.69. The summed E-state index contributed by atoms with van der Waals surface area (Å²) in [7, 11) is -3.73. The Morgan fingerprint density at radius 3 is 2.31 bits per heavy atom. The van der Waals surface area contributed by atoms with Gasteiger partial charge in [-0.1, -0.05) is 20.8 Å². The Morgan fingerprint density at radius 1 is 1.14 bits per heavy atom. The Hall–Kier alpha value is -3.03. The predicted molar refractivity (Wildman–Crippen MR) is 138 cm³/mol. The van der Waals surface area contributed by atoms with Gasteiger partial charge >= 0.3 is 5.69 Å². The Labute approximate surface area is 212 Å². The number of carbonyl (C=O) groups is 1. The zero-order chi connectivity index (χ0) is 26.6. The summed E-state index contributed by atoms with van der Waals surface area (Å²) in [4.78, 5) is 28.4. The molecule has 36 heavy (non-hydrogen) atoms. The van der Waals surface area contributed by atoms with Crippen LogP contribution in [0.4, 0.5) is 17.1 Å². The van der Waals surface area contributed by atoms with E-state index in [4.69, 9.17) is 0 Å². The van der Waals surface area contributed by atoms with Crippen molar-refractivity contribution in [2.45, 2.75) is 46.1 Å². The fraction of sp³-hybridized carbons (Fsp3) is 0.565. The minimum absolute atomic E-state index is 0.0965. The van der Waals surface area contributed by atoms with Gasteiger partial charge in [-0.2, -0.15) is 9.40 Å². The average molecular weight is 522 g/mol. The number of aromatic nitrogens is 2. The number of anilines is 2. The van der Waals surface area contributed by atoms with Crippen molar-refractivity contribution in [2.75, 3.05) is 56.0 Å². The van der Waals surface area contributed by atoms with E-state index in [-0.39, 0.29) is 28.5 Å². The van der Waals surface area contributed by atoms with E-state index in [1.807, 2.05) is 0 Å². The highest BCUT2D eigenvalue weighted by atomic mass is 32.2. The Bertz CT molecular complexity index is 1220. The van der Waals surface area contributed by atoms with E-state index in [9.17, 15) is 23.3 Å². The number of benzene rings is 1. The van der Waals surface area contributed by atoms with Crippen molar-refractivity contribution in [3.8, 4) is 0 Å². The molecule has 1 aliphatic heterocycles. The van der Waals surface area contributed by atoms with Crippen LogP contribution in [0.3, 0.4) is 0 Å². The second kappa shape index (κ2) is 11.4. The number of piperazine rings is 1. The van der Waals surface area contributed by atoms with Crippen molar-refractivity contribution in [3.63, 3.8) is 0 Å². The molecule has 13 heteroatoms. The third-order valence-corrected chi connectivity index (χ3v) is 8.61. The average Bonchev–Trinajstić information content (AvgIpc) is 3.12. The lowest BCUT2D eigenvalue weighted by Gasteiger charge is -2.36. The molecule has 1 aromatic heterocycles. The fourth-order valence-electron chi connectivity index (χ4n) is 4.50. The summed E-state index contributed by atoms with van der Waals surface area (Å²) in [5.74, 6) is -0.457. The number of sulfonamides is 1. The molecule has 3 rings (SSSR count). The first-order chi connectivity index (χ1) is 17.0. The van der Waals surface area contributed by atoms with Gasteiger partial charge in [0.1, 0.15) is 17.9 Å². The van der Waals surface area contributed by atoms with Gasteiger partial charge < -0.3 is 15.1 Å². The Morgan fingerprint density at radius 2 is 1.78 bits per heavy atom. The van der Waals surface area contributed by atoms with Crippen LogP contribution in [-0.2, 0) is 21.4 Å². The first-order valence-corrected chi connectivity index (χ1v) is 13.6. The molecule has 1 N–H and O–H groups in total. The monoisotopic (exact) mass is 521 g/mol. The van der Waals surface area contributed by atoms with Crippen LogP contribution in [0.15, 0.2) is 23.1 Å². The molecule has 2 aromatic rings. The largest absolute Gasteiger partial charge is 0.367 e. The second-order valence-corrected chi connectivity index (χ2v) is 10.6. The van der Waals surface area contributed by atoms with Crippen LogP contribution in [0, 0.1) is 24.0 Å². The summed E-state index contributed by atoms with van der Waals surface area (Å²) >= 11 is 0. The van der Waals surface area contributed by atoms with Gasteiger partial charge in [0.25, 0.3) is 0 Å². The highest BCUT2D eigenvalue weighted by Gasteiger charge is 2.27. The van der Waals surface area contributed by atoms with E-state index in [1.54, 1.807) is 32.9 Å². The highest BCUT2D eigenvalue weighted by Crippen LogP contribution is 2.31. The lowest BCUT2D eigenvalue weighted by molar-refractivity contribution is -0.386. The number of aryl methyl sites for hydroxylation is 1. The second-order valence-electron chi connectivity index (χ2n) is 8.67. The molecule has 12 nitrogen and oxygen atoms in total. The van der Waals surface area contributed by atoms with Crippen LogP contribution in [0.2, 0.25) is 0 Å². The molecule has 1 saturated heterocycles. The molecule has 1 amide bonds. The molecule has 1 aromatic carbocycles. The van der Waals surface area contributed by atoms with E-state index in [1.165, 1.54) is 22.0 Å². The minimum atomic E-state index is -3.73. The minimum Gasteiger partial charge on any atom is -0.367 e. The van der Waals surface area contributed by atoms with Gasteiger partial charge in [-0.25, -0.2) is 8.42 Å². The van der Waals surface area contributed by atoms with Crippen molar-refractivity contribution >= 4 is 33.0 Å². The van der Waals surface area contributed by atoms with Gasteiger partial charge in [-0.15, -0.1) is 0 Å². The van der Waals surface area contributed by atoms with Crippen molar-refractivity contribution in [3.05, 3.63) is 39.7 Å². The van der Waals surface area contributed by atoms with Crippen LogP contribution in [0.5, 0.6) is 0 Å². The lowest BCUT2D eigenvalue weighted by atomic mass is 10.2. The summed E-state index contributed by atoms with van der Waals surface area (Å²) in [6.07, 6.45) is 0. The number of hydrogen-bond acceptors (Lipinski definition) is 8. The third kappa shape index (κ3) is 5.68. The van der Waals surface area contributed by atoms with Gasteiger partial charge in [0, 0.05) is 39.3 Å². The van der Waals surface area contributed by atoms with Crippen LogP contribution in [-0.4, -0.2) is 84.0 Å². The lowest BCUT2D eigenvalue weighted by Crippen LogP contribution is -2.46. The molecule has 0 spiro atoms. The molecule has 198 valence electrons. The first-order valence-electron chi connectivity index (χ1n) is 12.1. The molecule has 0 saturated carbocycles. The number of amides is 1. The van der Waals surface area contributed by atoms with Crippen molar-refractivity contribution in [1.29, 1.82) is 0 Å². The summed E-state index contributed by atoms with van der Waals surface area (Å²) in [5, 5.41) is 18.3. The Balaban J connectivity index is 1.94. The molecule has 2 heterocycles. The van der Waals surface area contributed by atoms with Crippen molar-refractivity contribution < 1.29 is 18.1 Å². The number of nitrogens with one attached hydrogen (secondary N) is 1. The molecule has 1 fully saturated rings. The summed E-state index contributed by atoms with van der Waals surface area (Å²) in [6, 6.07) is 4.81. The molecular weight excluding hydrogens is 486 g/mol. The number of likely N-dealkylation sites (N-methyl/N-ethyl adjacent to an activating group) is 1. The van der Waals surface area contributed by atoms with Gasteiger partial charge in [0.15, 0.2) is 0 Å². The number of rotatable bonds is 10. The standard InChI is InChI=1S/C23H35N7O5S/c1-6-26-11-13-27(14-12-26)21-10-9-19(36(34,35)28(7-2)8-3)15-20(21)24-22(31)16-29-18(5)23(30(32)33)17(4)25-29/h9-10,15H,6-8,11-14,16H2,1-5H3,(H,24,31). The van der Waals surface area contributed by atoms with E-state index in [0.717, 1.165) is 38.4 Å². The molecule has 0 unspecified atom stereocenters. The third-order valence-electron chi connectivity index (χ3n) is 6.56. The normalized spacial score (nSPS) is 14.9. The topological polar surface area (TPSA) is 134 Å². The smallest absolute Gasteiger partial charge is 0.312 e. The van der Waals surface area contributed by atoms with Crippen LogP contribution in [0.25, 0.3) is 0 Å². The van der Waals surface area contributed by atoms with Crippen LogP contribution < -0.4 is 10.2 Å². The first kappa shape index (κ1) is 27.6. The zero-order valence-corrected chi connectivity index (χ0v) is 22.3. The summed E-state index contributed by atoms with van der Waals surface area (Å²) in [6.45, 7) is 13.3. The molecule has 0 radical (unpaired) electrons. The SMILES string of the molecule is CCN1CCN(c2ccc(S(=O)(=O)N(CC)CC)cc2NC(=O)Cn2nc(C)c([N+](=O)[O-])c2C)CC1. The van der Waals surface area contributed by atoms with Gasteiger partial charge in [0.05, 0.1) is 21.2 Å². The van der Waals surface area contributed by atoms with Gasteiger partial charge in [-0.3, -0.25) is 19.6 Å². The van der Waals surface area contributed by atoms with E-state index in [0.29, 0.717) is 18.8 Å². The van der Waals surface area contributed by atoms with Crippen molar-refractivity contribution in [2.24, 2.45) is 0 Å². The zero-order valence-electron chi connectivity index (χ0n) is 21.5. The summed E-state index contributed by atoms with van der Waals surface area (Å²) < 4.78 is 29.0. The molecular formula is C23H35N7O5S. The summed E-state index contributed by atoms with van der Waals surface area (Å²) in [5.41, 5.74) is 1.50. The fourth-order valence-corrected chi connectivity index (χ4v) is 5.99. The van der Waals surface area contributed by atoms with E-state index in [2.05, 4.69) is 27.1 Å². The maximum Gasteiger partial charge on any atom is 0.312 e. The highest BCUT2D eigenvalue weighted by molar-refractivity contribution is 7.89. The molecule has 0 atom stereocenters. The maximum absolute atomic E-state index is 13.2. The predicted octanol–water partition coefficient (Wildman–Crippen LogP) is 2.22. The number of hydrogen-bond donors (Lipinski definition) is 1. The van der Waals surface area contributed by atoms with Gasteiger partial charge in [-0.05, 0) is 38.6 Å². The molecule has 0 bridgehead atoms. The number of nitro groups is 1. The number of carbonyl (C=O) groups excluding carboxylic acids is 1. The molecule has 0 aliphatic carbocycles. The van der Waals surface area contributed by atoms with Crippen LogP contribution >= 0.6 is 0 Å². The van der Waals surface area contributed by atoms with E-state index >= 15 is 0 Å². The van der Waals surface area contributed by atoms with Gasteiger partial charge in [0.2, 0.25) is 15.9 Å². The number of nitrogens with zero attached hydrogens (tertiary/aromatic N) is 6. The van der Waals surface area contributed by atoms with Crippen LogP contribution in [0.1, 0.15) is 32.2 Å². The van der Waals surface area contributed by atoms with E-state index < -0.39 is 20.9 Å². The quantitative estimate of drug-likeness (QED) is 0.372. The maximum atomic E-state index is 13.2.